The molecule has 5 rings (SSSR count). The molecule has 0 atom stereocenters. The van der Waals surface area contributed by atoms with Crippen molar-refractivity contribution < 1.29 is 4.79 Å². The number of nitrogens with one attached hydrogen (secondary N) is 3. The summed E-state index contributed by atoms with van der Waals surface area (Å²) in [4.78, 5) is 22.8. The van der Waals surface area contributed by atoms with E-state index in [1.54, 1.807) is 6.20 Å². The highest BCUT2D eigenvalue weighted by atomic mass is 16.2. The van der Waals surface area contributed by atoms with Gasteiger partial charge < -0.3 is 15.5 Å². The quantitative estimate of drug-likeness (QED) is 0.412. The van der Waals surface area contributed by atoms with E-state index in [9.17, 15) is 4.79 Å². The molecule has 1 aliphatic carbocycles. The first-order chi connectivity index (χ1) is 15.6. The number of carbonyl (C=O) groups is 1. The second-order valence-electron chi connectivity index (χ2n) is 8.31. The number of anilines is 3. The Morgan fingerprint density at radius 1 is 1.06 bits per heavy atom. The molecule has 3 aromatic heterocycles. The number of benzene rings is 1. The monoisotopic (exact) mass is 427 g/mol. The number of fused-ring (bicyclic) bond motifs is 1. The average Bonchev–Trinajstić information content (AvgIpc) is 3.59. The number of pyridine rings is 2. The summed E-state index contributed by atoms with van der Waals surface area (Å²) in [7, 11) is 3.94. The fourth-order valence-corrected chi connectivity index (χ4v) is 3.58. The van der Waals surface area contributed by atoms with E-state index >= 15 is 0 Å². The second-order valence-corrected chi connectivity index (χ2v) is 8.31. The molecule has 162 valence electrons. The van der Waals surface area contributed by atoms with Gasteiger partial charge >= 0.3 is 0 Å². The van der Waals surface area contributed by atoms with Crippen LogP contribution in [0.25, 0.3) is 22.0 Å². The molecule has 1 saturated carbocycles. The largest absolute Gasteiger partial charge is 0.378 e. The highest BCUT2D eigenvalue weighted by Crippen LogP contribution is 2.31. The zero-order chi connectivity index (χ0) is 22.1. The predicted octanol–water partition coefficient (Wildman–Crippen LogP) is 4.05. The van der Waals surface area contributed by atoms with Crippen molar-refractivity contribution >= 4 is 34.0 Å². The average molecular weight is 428 g/mol. The molecule has 0 aliphatic heterocycles. The van der Waals surface area contributed by atoms with Crippen molar-refractivity contribution in [2.45, 2.75) is 19.4 Å². The van der Waals surface area contributed by atoms with E-state index < -0.39 is 0 Å². The van der Waals surface area contributed by atoms with Gasteiger partial charge in [0.1, 0.15) is 5.82 Å². The van der Waals surface area contributed by atoms with Gasteiger partial charge in [-0.15, -0.1) is 0 Å². The highest BCUT2D eigenvalue weighted by Gasteiger charge is 2.29. The van der Waals surface area contributed by atoms with Crippen LogP contribution in [0.15, 0.2) is 55.0 Å². The molecular weight excluding hydrogens is 402 g/mol. The van der Waals surface area contributed by atoms with Crippen molar-refractivity contribution in [2.24, 2.45) is 5.92 Å². The summed E-state index contributed by atoms with van der Waals surface area (Å²) in [6.07, 6.45) is 7.27. The molecular formula is C24H25N7O. The molecule has 0 radical (unpaired) electrons. The number of hydrogen-bond acceptors (Lipinski definition) is 6. The first-order valence-corrected chi connectivity index (χ1v) is 10.7. The van der Waals surface area contributed by atoms with E-state index in [0.29, 0.717) is 6.54 Å². The number of amides is 1. The van der Waals surface area contributed by atoms with Gasteiger partial charge in [0.05, 0.1) is 41.5 Å². The molecule has 0 bridgehead atoms. The third-order valence-corrected chi connectivity index (χ3v) is 5.60. The van der Waals surface area contributed by atoms with Gasteiger partial charge in [-0.1, -0.05) is 6.07 Å². The van der Waals surface area contributed by atoms with E-state index in [4.69, 9.17) is 0 Å². The van der Waals surface area contributed by atoms with Gasteiger partial charge in [0, 0.05) is 37.2 Å². The second kappa shape index (κ2) is 8.30. The van der Waals surface area contributed by atoms with E-state index in [2.05, 4.69) is 36.9 Å². The Kier molecular flexibility index (Phi) is 5.18. The summed E-state index contributed by atoms with van der Waals surface area (Å²) in [6, 6.07) is 12.1. The Balaban J connectivity index is 1.35. The summed E-state index contributed by atoms with van der Waals surface area (Å²) in [6.45, 7) is 0.596. The van der Waals surface area contributed by atoms with E-state index in [1.807, 2.05) is 61.7 Å². The van der Waals surface area contributed by atoms with Crippen LogP contribution in [0.3, 0.4) is 0 Å². The molecule has 32 heavy (non-hydrogen) atoms. The number of aromatic nitrogens is 4. The minimum Gasteiger partial charge on any atom is -0.378 e. The van der Waals surface area contributed by atoms with Crippen LogP contribution in [0.2, 0.25) is 0 Å². The van der Waals surface area contributed by atoms with Gasteiger partial charge in [0.15, 0.2) is 0 Å². The number of carbonyl (C=O) groups excluding carboxylic acids is 1. The minimum atomic E-state index is 0.0794. The van der Waals surface area contributed by atoms with Gasteiger partial charge in [-0.2, -0.15) is 5.10 Å². The molecule has 4 aromatic rings. The van der Waals surface area contributed by atoms with E-state index in [1.165, 1.54) is 0 Å². The minimum absolute atomic E-state index is 0.0794. The smallest absolute Gasteiger partial charge is 0.227 e. The Bertz CT molecular complexity index is 1260. The van der Waals surface area contributed by atoms with Gasteiger partial charge in [-0.05, 0) is 48.7 Å². The maximum absolute atomic E-state index is 12.1. The van der Waals surface area contributed by atoms with Gasteiger partial charge in [0.25, 0.3) is 0 Å². The van der Waals surface area contributed by atoms with Crippen LogP contribution in [0, 0.1) is 5.92 Å². The van der Waals surface area contributed by atoms with Crippen LogP contribution in [-0.2, 0) is 11.3 Å². The van der Waals surface area contributed by atoms with Gasteiger partial charge in [0.2, 0.25) is 5.91 Å². The van der Waals surface area contributed by atoms with Crippen LogP contribution in [-0.4, -0.2) is 40.2 Å². The lowest BCUT2D eigenvalue weighted by molar-refractivity contribution is -0.117. The Morgan fingerprint density at radius 3 is 2.69 bits per heavy atom. The van der Waals surface area contributed by atoms with Crippen LogP contribution in [0.1, 0.15) is 18.5 Å². The maximum atomic E-state index is 12.1. The van der Waals surface area contributed by atoms with Crippen molar-refractivity contribution in [3.63, 3.8) is 0 Å². The molecule has 0 spiro atoms. The third kappa shape index (κ3) is 4.25. The lowest BCUT2D eigenvalue weighted by Crippen LogP contribution is -2.13. The zero-order valence-electron chi connectivity index (χ0n) is 18.1. The van der Waals surface area contributed by atoms with Crippen LogP contribution in [0.4, 0.5) is 17.2 Å². The Hall–Kier alpha value is -3.94. The molecule has 3 N–H and O–H groups in total. The van der Waals surface area contributed by atoms with Gasteiger partial charge in [-0.25, -0.2) is 4.98 Å². The third-order valence-electron chi connectivity index (χ3n) is 5.60. The molecule has 8 heteroatoms. The first-order valence-electron chi connectivity index (χ1n) is 10.7. The number of hydrogen-bond donors (Lipinski definition) is 3. The van der Waals surface area contributed by atoms with Crippen LogP contribution < -0.4 is 15.5 Å². The topological polar surface area (TPSA) is 98.8 Å². The van der Waals surface area contributed by atoms with E-state index in [0.717, 1.165) is 57.8 Å². The molecule has 8 nitrogen and oxygen atoms in total. The summed E-state index contributed by atoms with van der Waals surface area (Å²) in [5, 5.41) is 15.0. The molecule has 3 heterocycles. The summed E-state index contributed by atoms with van der Waals surface area (Å²) >= 11 is 0. The number of nitrogens with zero attached hydrogens (tertiary/aromatic N) is 4. The summed E-state index contributed by atoms with van der Waals surface area (Å²) in [5.41, 5.74) is 5.53. The Morgan fingerprint density at radius 2 is 1.94 bits per heavy atom. The SMILES string of the molecule is CN(C)c1ccc(NCc2[nH]nc3ccc(-c4cncc(NC(=O)C5CC5)c4)cc23)cn1. The molecule has 1 aromatic carbocycles. The number of aromatic amines is 1. The molecule has 0 saturated heterocycles. The van der Waals surface area contributed by atoms with Crippen molar-refractivity contribution in [2.75, 3.05) is 29.6 Å². The molecule has 1 fully saturated rings. The first kappa shape index (κ1) is 20.0. The lowest BCUT2D eigenvalue weighted by Gasteiger charge is -2.12. The van der Waals surface area contributed by atoms with Crippen molar-refractivity contribution in [1.29, 1.82) is 0 Å². The number of H-pyrrole nitrogens is 1. The van der Waals surface area contributed by atoms with Crippen molar-refractivity contribution in [3.8, 4) is 11.1 Å². The molecule has 1 aliphatic rings. The Labute approximate surface area is 186 Å². The summed E-state index contributed by atoms with van der Waals surface area (Å²) < 4.78 is 0. The van der Waals surface area contributed by atoms with E-state index in [-0.39, 0.29) is 11.8 Å². The lowest BCUT2D eigenvalue weighted by atomic mass is 10.0. The van der Waals surface area contributed by atoms with Crippen molar-refractivity contribution in [3.05, 3.63) is 60.7 Å². The van der Waals surface area contributed by atoms with Crippen molar-refractivity contribution in [1.82, 2.24) is 20.2 Å². The zero-order valence-corrected chi connectivity index (χ0v) is 18.1. The standard InChI is InChI=1S/C24H25N7O/c1-31(2)23-8-6-18(13-27-23)26-14-22-20-10-16(5-7-21(20)29-30-22)17-9-19(12-25-11-17)28-24(32)15-3-4-15/h5-13,15,26H,3-4,14H2,1-2H3,(H,28,32)(H,29,30). The molecule has 1 amide bonds. The fraction of sp³-hybridized carbons (Fsp3) is 0.250. The maximum Gasteiger partial charge on any atom is 0.227 e. The normalized spacial score (nSPS) is 13.2. The van der Waals surface area contributed by atoms with Crippen LogP contribution in [0.5, 0.6) is 0 Å². The van der Waals surface area contributed by atoms with Crippen LogP contribution >= 0.6 is 0 Å². The highest BCUT2D eigenvalue weighted by molar-refractivity contribution is 5.94. The number of rotatable bonds is 7. The molecule has 0 unspecified atom stereocenters. The fourth-order valence-electron chi connectivity index (χ4n) is 3.58. The predicted molar refractivity (Wildman–Crippen MR) is 127 cm³/mol. The summed E-state index contributed by atoms with van der Waals surface area (Å²) in [5.74, 6) is 1.15. The van der Waals surface area contributed by atoms with Gasteiger partial charge in [-0.3, -0.25) is 14.9 Å².